The fraction of sp³-hybridized carbons (Fsp3) is 0.250. The molecule has 5 heteroatoms. The van der Waals surface area contributed by atoms with Gasteiger partial charge in [-0.3, -0.25) is 4.31 Å². The number of anilines is 1. The lowest BCUT2D eigenvalue weighted by atomic mass is 10.2. The molecule has 112 valence electrons. The molecule has 2 aromatic carbocycles. The second kappa shape index (κ2) is 5.87. The van der Waals surface area contributed by atoms with Crippen LogP contribution in [0.5, 0.6) is 0 Å². The van der Waals surface area contributed by atoms with Gasteiger partial charge in [0.1, 0.15) is 0 Å². The Bertz CT molecular complexity index is 755. The van der Waals surface area contributed by atoms with E-state index in [0.29, 0.717) is 17.1 Å². The highest BCUT2D eigenvalue weighted by molar-refractivity contribution is 7.92. The Morgan fingerprint density at radius 3 is 2.48 bits per heavy atom. The minimum absolute atomic E-state index is 0.336. The zero-order chi connectivity index (χ0) is 15.6. The van der Waals surface area contributed by atoms with Gasteiger partial charge in [-0.25, -0.2) is 8.42 Å². The summed E-state index contributed by atoms with van der Waals surface area (Å²) in [4.78, 5) is 0.336. The largest absolute Gasteiger partial charge is 0.326 e. The van der Waals surface area contributed by atoms with Crippen LogP contribution in [0.25, 0.3) is 0 Å². The van der Waals surface area contributed by atoms with Crippen molar-refractivity contribution in [1.29, 1.82) is 0 Å². The zero-order valence-electron chi connectivity index (χ0n) is 12.5. The fourth-order valence-electron chi connectivity index (χ4n) is 2.15. The lowest BCUT2D eigenvalue weighted by Crippen LogP contribution is -2.27. The summed E-state index contributed by atoms with van der Waals surface area (Å²) in [6, 6.07) is 12.7. The standard InChI is InChI=1S/C16H20N2O2S/c1-12-7-8-13(2)16(9-12)21(19,20)18(3)15-6-4-5-14(10-15)11-17/h4-10H,11,17H2,1-3H3. The van der Waals surface area contributed by atoms with Crippen molar-refractivity contribution in [3.05, 3.63) is 59.2 Å². The van der Waals surface area contributed by atoms with Gasteiger partial charge in [0.05, 0.1) is 10.6 Å². The molecule has 2 aromatic rings. The van der Waals surface area contributed by atoms with Crippen molar-refractivity contribution in [2.24, 2.45) is 5.73 Å². The minimum atomic E-state index is -3.58. The minimum Gasteiger partial charge on any atom is -0.326 e. The molecule has 2 N–H and O–H groups in total. The van der Waals surface area contributed by atoms with Gasteiger partial charge in [-0.15, -0.1) is 0 Å². The molecule has 0 saturated carbocycles. The molecule has 0 saturated heterocycles. The van der Waals surface area contributed by atoms with Crippen molar-refractivity contribution < 1.29 is 8.42 Å². The highest BCUT2D eigenvalue weighted by Gasteiger charge is 2.23. The van der Waals surface area contributed by atoms with E-state index in [1.54, 1.807) is 32.2 Å². The van der Waals surface area contributed by atoms with E-state index >= 15 is 0 Å². The molecule has 0 atom stereocenters. The van der Waals surface area contributed by atoms with Crippen LogP contribution in [0.4, 0.5) is 5.69 Å². The normalized spacial score (nSPS) is 11.4. The van der Waals surface area contributed by atoms with Crippen LogP contribution >= 0.6 is 0 Å². The summed E-state index contributed by atoms with van der Waals surface area (Å²) < 4.78 is 26.9. The molecule has 0 radical (unpaired) electrons. The first kappa shape index (κ1) is 15.5. The topological polar surface area (TPSA) is 63.4 Å². The fourth-order valence-corrected chi connectivity index (χ4v) is 3.65. The molecule has 0 aliphatic rings. The van der Waals surface area contributed by atoms with Gasteiger partial charge in [-0.2, -0.15) is 0 Å². The van der Waals surface area contributed by atoms with E-state index in [1.807, 2.05) is 31.2 Å². The van der Waals surface area contributed by atoms with Gasteiger partial charge in [0.15, 0.2) is 0 Å². The van der Waals surface area contributed by atoms with E-state index in [-0.39, 0.29) is 0 Å². The van der Waals surface area contributed by atoms with Gasteiger partial charge in [0.2, 0.25) is 0 Å². The van der Waals surface area contributed by atoms with Gasteiger partial charge >= 0.3 is 0 Å². The van der Waals surface area contributed by atoms with Crippen molar-refractivity contribution in [3.63, 3.8) is 0 Å². The first-order valence-electron chi connectivity index (χ1n) is 6.71. The van der Waals surface area contributed by atoms with Crippen molar-refractivity contribution >= 4 is 15.7 Å². The maximum atomic E-state index is 12.8. The summed E-state index contributed by atoms with van der Waals surface area (Å²) >= 11 is 0. The van der Waals surface area contributed by atoms with E-state index in [4.69, 9.17) is 5.73 Å². The summed E-state index contributed by atoms with van der Waals surface area (Å²) in [6.07, 6.45) is 0. The summed E-state index contributed by atoms with van der Waals surface area (Å²) in [5, 5.41) is 0. The van der Waals surface area contributed by atoms with Crippen LogP contribution in [0.3, 0.4) is 0 Å². The van der Waals surface area contributed by atoms with Crippen LogP contribution in [0.1, 0.15) is 16.7 Å². The Morgan fingerprint density at radius 1 is 1.10 bits per heavy atom. The molecule has 0 aromatic heterocycles. The molecule has 0 aliphatic carbocycles. The van der Waals surface area contributed by atoms with E-state index in [1.165, 1.54) is 4.31 Å². The first-order valence-corrected chi connectivity index (χ1v) is 8.15. The molecule has 0 fully saturated rings. The Morgan fingerprint density at radius 2 is 1.81 bits per heavy atom. The Hall–Kier alpha value is -1.85. The Balaban J connectivity index is 2.49. The van der Waals surface area contributed by atoms with Crippen molar-refractivity contribution in [3.8, 4) is 0 Å². The summed E-state index contributed by atoms with van der Waals surface area (Å²) in [6.45, 7) is 4.06. The van der Waals surface area contributed by atoms with Gasteiger partial charge < -0.3 is 5.73 Å². The average Bonchev–Trinajstić information content (AvgIpc) is 2.48. The summed E-state index contributed by atoms with van der Waals surface area (Å²) in [5.41, 5.74) is 8.78. The highest BCUT2D eigenvalue weighted by atomic mass is 32.2. The SMILES string of the molecule is Cc1ccc(C)c(S(=O)(=O)N(C)c2cccc(CN)c2)c1. The second-order valence-electron chi connectivity index (χ2n) is 5.12. The third-order valence-electron chi connectivity index (χ3n) is 3.49. The lowest BCUT2D eigenvalue weighted by Gasteiger charge is -2.21. The maximum absolute atomic E-state index is 12.8. The molecule has 2 rings (SSSR count). The van der Waals surface area contributed by atoms with Gasteiger partial charge in [0, 0.05) is 13.6 Å². The van der Waals surface area contributed by atoms with Crippen LogP contribution in [-0.4, -0.2) is 15.5 Å². The van der Waals surface area contributed by atoms with Gasteiger partial charge in [-0.1, -0.05) is 24.3 Å². The maximum Gasteiger partial charge on any atom is 0.264 e. The molecule has 0 bridgehead atoms. The first-order chi connectivity index (χ1) is 9.86. The number of hydrogen-bond donors (Lipinski definition) is 1. The van der Waals surface area contributed by atoms with Crippen LogP contribution in [0.15, 0.2) is 47.4 Å². The van der Waals surface area contributed by atoms with Crippen molar-refractivity contribution in [2.45, 2.75) is 25.3 Å². The molecule has 0 aliphatic heterocycles. The van der Waals surface area contributed by atoms with Crippen molar-refractivity contribution in [2.75, 3.05) is 11.4 Å². The average molecular weight is 304 g/mol. The number of benzene rings is 2. The zero-order valence-corrected chi connectivity index (χ0v) is 13.3. The molecular weight excluding hydrogens is 284 g/mol. The van der Waals surface area contributed by atoms with E-state index in [9.17, 15) is 8.42 Å². The predicted molar refractivity (Wildman–Crippen MR) is 85.8 cm³/mol. The number of rotatable bonds is 4. The van der Waals surface area contributed by atoms with Crippen LogP contribution in [0.2, 0.25) is 0 Å². The summed E-state index contributed by atoms with van der Waals surface area (Å²) in [7, 11) is -2.02. The molecule has 21 heavy (non-hydrogen) atoms. The Labute approximate surface area is 126 Å². The molecule has 0 unspecified atom stereocenters. The third-order valence-corrected chi connectivity index (χ3v) is 5.42. The smallest absolute Gasteiger partial charge is 0.264 e. The predicted octanol–water partition coefficient (Wildman–Crippen LogP) is 2.59. The van der Waals surface area contributed by atoms with Gasteiger partial charge in [-0.05, 0) is 48.7 Å². The quantitative estimate of drug-likeness (QED) is 0.944. The van der Waals surface area contributed by atoms with Crippen LogP contribution in [0, 0.1) is 13.8 Å². The number of nitrogens with two attached hydrogens (primary N) is 1. The highest BCUT2D eigenvalue weighted by Crippen LogP contribution is 2.25. The third kappa shape index (κ3) is 3.09. The van der Waals surface area contributed by atoms with Gasteiger partial charge in [0.25, 0.3) is 10.0 Å². The number of aryl methyl sites for hydroxylation is 2. The molecule has 0 spiro atoms. The van der Waals surface area contributed by atoms with E-state index < -0.39 is 10.0 Å². The monoisotopic (exact) mass is 304 g/mol. The summed E-state index contributed by atoms with van der Waals surface area (Å²) in [5.74, 6) is 0. The molecular formula is C16H20N2O2S. The number of hydrogen-bond acceptors (Lipinski definition) is 3. The van der Waals surface area contributed by atoms with E-state index in [0.717, 1.165) is 16.7 Å². The van der Waals surface area contributed by atoms with Crippen molar-refractivity contribution in [1.82, 2.24) is 0 Å². The van der Waals surface area contributed by atoms with E-state index in [2.05, 4.69) is 0 Å². The van der Waals surface area contributed by atoms with Crippen LogP contribution in [-0.2, 0) is 16.6 Å². The molecule has 4 nitrogen and oxygen atoms in total. The lowest BCUT2D eigenvalue weighted by molar-refractivity contribution is 0.593. The van der Waals surface area contributed by atoms with Crippen LogP contribution < -0.4 is 10.0 Å². The number of nitrogens with zero attached hydrogens (tertiary/aromatic N) is 1. The number of sulfonamides is 1. The molecule has 0 heterocycles. The Kier molecular flexibility index (Phi) is 4.34. The second-order valence-corrected chi connectivity index (χ2v) is 7.05. The molecule has 0 amide bonds.